The van der Waals surface area contributed by atoms with Gasteiger partial charge in [-0.05, 0) is 48.7 Å². The summed E-state index contributed by atoms with van der Waals surface area (Å²) in [6.07, 6.45) is 1.56. The zero-order valence-corrected chi connectivity index (χ0v) is 19.0. The van der Waals surface area contributed by atoms with Gasteiger partial charge < -0.3 is 5.32 Å². The fraction of sp³-hybridized carbons (Fsp3) is 0.174. The summed E-state index contributed by atoms with van der Waals surface area (Å²) in [5, 5.41) is 3.30. The molecule has 162 valence electrons. The third-order valence-corrected chi connectivity index (χ3v) is 7.14. The number of carbonyl (C=O) groups is 1. The first-order valence-corrected chi connectivity index (χ1v) is 11.9. The molecule has 0 saturated heterocycles. The molecule has 0 heterocycles. The van der Waals surface area contributed by atoms with Crippen molar-refractivity contribution in [2.75, 3.05) is 17.4 Å². The van der Waals surface area contributed by atoms with Gasteiger partial charge in [0.25, 0.3) is 10.0 Å². The second-order valence-electron chi connectivity index (χ2n) is 6.86. The first kappa shape index (κ1) is 23.1. The third-order valence-electron chi connectivity index (χ3n) is 4.62. The van der Waals surface area contributed by atoms with Crippen LogP contribution in [0.3, 0.4) is 0 Å². The van der Waals surface area contributed by atoms with Crippen LogP contribution in [0.5, 0.6) is 0 Å². The minimum Gasteiger partial charge on any atom is -0.355 e. The fourth-order valence-electron chi connectivity index (χ4n) is 3.03. The van der Waals surface area contributed by atoms with E-state index < -0.39 is 15.9 Å². The lowest BCUT2D eigenvalue weighted by Crippen LogP contribution is -2.41. The van der Waals surface area contributed by atoms with Crippen molar-refractivity contribution in [2.24, 2.45) is 0 Å². The number of sulfonamides is 1. The van der Waals surface area contributed by atoms with Crippen LogP contribution in [-0.2, 0) is 21.2 Å². The van der Waals surface area contributed by atoms with Crippen LogP contribution in [0.25, 0.3) is 0 Å². The van der Waals surface area contributed by atoms with Gasteiger partial charge in [-0.15, -0.1) is 0 Å². The molecule has 1 amide bonds. The van der Waals surface area contributed by atoms with Crippen LogP contribution < -0.4 is 9.62 Å². The summed E-state index contributed by atoms with van der Waals surface area (Å²) in [6, 6.07) is 22.4. The lowest BCUT2D eigenvalue weighted by molar-refractivity contribution is -0.119. The van der Waals surface area contributed by atoms with E-state index in [-0.39, 0.29) is 22.2 Å². The highest BCUT2D eigenvalue weighted by atomic mass is 35.5. The van der Waals surface area contributed by atoms with E-state index in [2.05, 4.69) is 5.32 Å². The van der Waals surface area contributed by atoms with Crippen LogP contribution in [0.1, 0.15) is 12.0 Å². The summed E-state index contributed by atoms with van der Waals surface area (Å²) in [7, 11) is -3.98. The predicted octanol–water partition coefficient (Wildman–Crippen LogP) is 4.94. The Bertz CT molecular complexity index is 1120. The Labute approximate surface area is 192 Å². The third kappa shape index (κ3) is 6.23. The SMILES string of the molecule is O=C(CN(c1ccc(Cl)c(Cl)c1)S(=O)(=O)c1ccccc1)NCCCc1ccccc1. The molecule has 3 aromatic rings. The van der Waals surface area contributed by atoms with E-state index in [1.54, 1.807) is 18.2 Å². The number of halogens is 2. The van der Waals surface area contributed by atoms with Crippen LogP contribution in [0.2, 0.25) is 10.0 Å². The second kappa shape index (κ2) is 10.7. The van der Waals surface area contributed by atoms with Gasteiger partial charge in [-0.1, -0.05) is 71.7 Å². The molecule has 0 aliphatic rings. The number of nitrogens with one attached hydrogen (secondary N) is 1. The Morgan fingerprint density at radius 2 is 1.52 bits per heavy atom. The molecular formula is C23H22Cl2N2O3S. The normalized spacial score (nSPS) is 11.2. The maximum atomic E-state index is 13.2. The molecule has 0 bridgehead atoms. The van der Waals surface area contributed by atoms with Gasteiger partial charge in [-0.25, -0.2) is 8.42 Å². The van der Waals surface area contributed by atoms with Gasteiger partial charge in [0, 0.05) is 6.54 Å². The number of hydrogen-bond acceptors (Lipinski definition) is 3. The number of benzene rings is 3. The molecule has 0 spiro atoms. The fourth-order valence-corrected chi connectivity index (χ4v) is 4.75. The number of hydrogen-bond donors (Lipinski definition) is 1. The second-order valence-corrected chi connectivity index (χ2v) is 9.54. The molecule has 0 saturated carbocycles. The number of nitrogens with zero attached hydrogens (tertiary/aromatic N) is 1. The van der Waals surface area contributed by atoms with Gasteiger partial charge in [-0.2, -0.15) is 0 Å². The smallest absolute Gasteiger partial charge is 0.264 e. The Morgan fingerprint density at radius 1 is 0.871 bits per heavy atom. The summed E-state index contributed by atoms with van der Waals surface area (Å²) in [5.74, 6) is -0.404. The van der Waals surface area contributed by atoms with E-state index in [0.29, 0.717) is 11.6 Å². The molecule has 1 N–H and O–H groups in total. The molecule has 0 unspecified atom stereocenters. The maximum Gasteiger partial charge on any atom is 0.264 e. The first-order valence-electron chi connectivity index (χ1n) is 9.71. The first-order chi connectivity index (χ1) is 14.9. The molecule has 0 fully saturated rings. The Kier molecular flexibility index (Phi) is 7.96. The highest BCUT2D eigenvalue weighted by molar-refractivity contribution is 7.92. The minimum absolute atomic E-state index is 0.0814. The summed E-state index contributed by atoms with van der Waals surface area (Å²) < 4.78 is 27.5. The van der Waals surface area contributed by atoms with E-state index in [0.717, 1.165) is 17.1 Å². The van der Waals surface area contributed by atoms with Gasteiger partial charge in [0.1, 0.15) is 6.54 Å². The van der Waals surface area contributed by atoms with Crippen LogP contribution in [0.15, 0.2) is 83.8 Å². The average molecular weight is 477 g/mol. The van der Waals surface area contributed by atoms with Crippen molar-refractivity contribution in [1.29, 1.82) is 0 Å². The van der Waals surface area contributed by atoms with Gasteiger partial charge >= 0.3 is 0 Å². The molecule has 0 radical (unpaired) electrons. The molecule has 3 rings (SSSR count). The van der Waals surface area contributed by atoms with Crippen LogP contribution >= 0.6 is 23.2 Å². The number of amides is 1. The van der Waals surface area contributed by atoms with E-state index in [1.165, 1.54) is 35.9 Å². The summed E-state index contributed by atoms with van der Waals surface area (Å²) in [6.45, 7) is 0.0643. The molecule has 0 atom stereocenters. The largest absolute Gasteiger partial charge is 0.355 e. The van der Waals surface area contributed by atoms with E-state index in [4.69, 9.17) is 23.2 Å². The lowest BCUT2D eigenvalue weighted by atomic mass is 10.1. The summed E-state index contributed by atoms with van der Waals surface area (Å²) in [5.41, 5.74) is 1.44. The number of carbonyl (C=O) groups excluding carboxylic acids is 1. The molecule has 8 heteroatoms. The van der Waals surface area contributed by atoms with Crippen LogP contribution in [0.4, 0.5) is 5.69 Å². The molecule has 5 nitrogen and oxygen atoms in total. The quantitative estimate of drug-likeness (QED) is 0.444. The van der Waals surface area contributed by atoms with Crippen molar-refractivity contribution in [1.82, 2.24) is 5.32 Å². The molecule has 3 aromatic carbocycles. The molecular weight excluding hydrogens is 455 g/mol. The van der Waals surface area contributed by atoms with Crippen molar-refractivity contribution in [3.63, 3.8) is 0 Å². The van der Waals surface area contributed by atoms with E-state index in [1.807, 2.05) is 30.3 Å². The van der Waals surface area contributed by atoms with Crippen molar-refractivity contribution >= 4 is 44.8 Å². The summed E-state index contributed by atoms with van der Waals surface area (Å²) in [4.78, 5) is 12.7. The molecule has 0 aliphatic heterocycles. The number of rotatable bonds is 9. The standard InChI is InChI=1S/C23H22Cl2N2O3S/c24-21-14-13-19(16-22(21)25)27(31(29,30)20-11-5-2-6-12-20)17-23(28)26-15-7-10-18-8-3-1-4-9-18/h1-6,8-9,11-14,16H,7,10,15,17H2,(H,26,28). The zero-order chi connectivity index (χ0) is 22.3. The Balaban J connectivity index is 1.73. The van der Waals surface area contributed by atoms with Crippen LogP contribution in [0, 0.1) is 0 Å². The van der Waals surface area contributed by atoms with Crippen molar-refractivity contribution in [3.8, 4) is 0 Å². The zero-order valence-electron chi connectivity index (χ0n) is 16.7. The van der Waals surface area contributed by atoms with Gasteiger partial charge in [-0.3, -0.25) is 9.10 Å². The number of anilines is 1. The molecule has 31 heavy (non-hydrogen) atoms. The number of aryl methyl sites for hydroxylation is 1. The molecule has 0 aliphatic carbocycles. The lowest BCUT2D eigenvalue weighted by Gasteiger charge is -2.24. The van der Waals surface area contributed by atoms with E-state index >= 15 is 0 Å². The topological polar surface area (TPSA) is 66.5 Å². The summed E-state index contributed by atoms with van der Waals surface area (Å²) >= 11 is 12.1. The van der Waals surface area contributed by atoms with Gasteiger partial charge in [0.15, 0.2) is 0 Å². The maximum absolute atomic E-state index is 13.2. The highest BCUT2D eigenvalue weighted by Crippen LogP contribution is 2.30. The monoisotopic (exact) mass is 476 g/mol. The van der Waals surface area contributed by atoms with Crippen molar-refractivity contribution in [3.05, 3.63) is 94.5 Å². The highest BCUT2D eigenvalue weighted by Gasteiger charge is 2.27. The Hall–Kier alpha value is -2.54. The average Bonchev–Trinajstić information content (AvgIpc) is 2.78. The van der Waals surface area contributed by atoms with Crippen molar-refractivity contribution < 1.29 is 13.2 Å². The van der Waals surface area contributed by atoms with E-state index in [9.17, 15) is 13.2 Å². The molecule has 0 aromatic heterocycles. The predicted molar refractivity (Wildman–Crippen MR) is 125 cm³/mol. The van der Waals surface area contributed by atoms with Gasteiger partial charge in [0.05, 0.1) is 20.6 Å². The van der Waals surface area contributed by atoms with Crippen molar-refractivity contribution in [2.45, 2.75) is 17.7 Å². The Morgan fingerprint density at radius 3 is 2.16 bits per heavy atom. The van der Waals surface area contributed by atoms with Gasteiger partial charge in [0.2, 0.25) is 5.91 Å². The minimum atomic E-state index is -3.98. The van der Waals surface area contributed by atoms with Crippen LogP contribution in [-0.4, -0.2) is 27.4 Å².